The number of aliphatic hydroxyl groups excluding tert-OH is 3. The summed E-state index contributed by atoms with van der Waals surface area (Å²) in [6.45, 7) is 1.62. The molecule has 0 bridgehead atoms. The molecule has 1 saturated carbocycles. The van der Waals surface area contributed by atoms with Crippen LogP contribution in [0.2, 0.25) is 0 Å². The zero-order chi connectivity index (χ0) is 15.8. The van der Waals surface area contributed by atoms with Gasteiger partial charge in [0.15, 0.2) is 6.10 Å². The van der Waals surface area contributed by atoms with Gasteiger partial charge in [0.05, 0.1) is 18.8 Å². The molecule has 0 radical (unpaired) electrons. The first-order valence-corrected chi connectivity index (χ1v) is 7.28. The molecule has 0 unspecified atom stereocenters. The van der Waals surface area contributed by atoms with Gasteiger partial charge in [0.25, 0.3) is 0 Å². The van der Waals surface area contributed by atoms with E-state index in [1.54, 1.807) is 6.92 Å². The van der Waals surface area contributed by atoms with Crippen LogP contribution in [0.5, 0.6) is 0 Å². The summed E-state index contributed by atoms with van der Waals surface area (Å²) in [5.41, 5.74) is 8.59. The van der Waals surface area contributed by atoms with Crippen LogP contribution in [-0.2, 0) is 9.53 Å². The third-order valence-electron chi connectivity index (χ3n) is 3.87. The minimum absolute atomic E-state index is 0.0555. The summed E-state index contributed by atoms with van der Waals surface area (Å²) in [6.07, 6.45) is -0.107. The number of esters is 1. The molecule has 4 atom stereocenters. The van der Waals surface area contributed by atoms with Crippen LogP contribution in [0, 0.1) is 5.92 Å². The number of rotatable bonds is 7. The Balaban J connectivity index is 2.78. The molecule has 3 N–H and O–H groups in total. The van der Waals surface area contributed by atoms with Gasteiger partial charge in [-0.2, -0.15) is 0 Å². The molecule has 1 aliphatic carbocycles. The lowest BCUT2D eigenvalue weighted by Crippen LogP contribution is -2.49. The number of carbonyl (C=O) groups is 1. The van der Waals surface area contributed by atoms with Crippen LogP contribution in [0.4, 0.5) is 0 Å². The van der Waals surface area contributed by atoms with Crippen molar-refractivity contribution >= 4 is 5.97 Å². The molecule has 1 fully saturated rings. The molecule has 21 heavy (non-hydrogen) atoms. The molecule has 0 aromatic rings. The van der Waals surface area contributed by atoms with Gasteiger partial charge in [0.1, 0.15) is 6.10 Å². The van der Waals surface area contributed by atoms with E-state index in [1.807, 2.05) is 0 Å². The second-order valence-electron chi connectivity index (χ2n) is 5.27. The van der Waals surface area contributed by atoms with Crippen molar-refractivity contribution in [2.45, 2.75) is 63.4 Å². The van der Waals surface area contributed by atoms with E-state index >= 15 is 0 Å². The number of aliphatic hydroxyl groups is 3. The second kappa shape index (κ2) is 8.84. The maximum Gasteiger partial charge on any atom is 0.337 e. The normalized spacial score (nSPS) is 21.7. The van der Waals surface area contributed by atoms with E-state index in [9.17, 15) is 20.1 Å². The van der Waals surface area contributed by atoms with Gasteiger partial charge < -0.3 is 20.1 Å². The van der Waals surface area contributed by atoms with Crippen LogP contribution in [0.3, 0.4) is 0 Å². The number of hydrogen-bond donors (Lipinski definition) is 3. The van der Waals surface area contributed by atoms with Crippen LogP contribution < -0.4 is 0 Å². The Labute approximate surface area is 123 Å². The van der Waals surface area contributed by atoms with Crippen LogP contribution >= 0.6 is 0 Å². The van der Waals surface area contributed by atoms with Crippen LogP contribution in [-0.4, -0.2) is 52.2 Å². The van der Waals surface area contributed by atoms with Crippen LogP contribution in [0.25, 0.3) is 10.4 Å². The molecule has 0 aromatic heterocycles. The van der Waals surface area contributed by atoms with E-state index in [-0.39, 0.29) is 12.5 Å². The Bertz CT molecular complexity index is 380. The largest absolute Gasteiger partial charge is 0.464 e. The highest BCUT2D eigenvalue weighted by Crippen LogP contribution is 2.30. The van der Waals surface area contributed by atoms with Crippen LogP contribution in [0.1, 0.15) is 39.0 Å². The Kier molecular flexibility index (Phi) is 7.45. The molecular weight excluding hydrogens is 278 g/mol. The van der Waals surface area contributed by atoms with E-state index in [0.717, 1.165) is 32.1 Å². The number of hydrogen-bond acceptors (Lipinski definition) is 6. The first kappa shape index (κ1) is 17.7. The predicted octanol–water partition coefficient (Wildman–Crippen LogP) is 0.891. The maximum atomic E-state index is 11.4. The fourth-order valence-corrected chi connectivity index (χ4v) is 2.71. The van der Waals surface area contributed by atoms with Crippen molar-refractivity contribution in [3.05, 3.63) is 10.4 Å². The van der Waals surface area contributed by atoms with E-state index in [1.165, 1.54) is 0 Å². The van der Waals surface area contributed by atoms with Gasteiger partial charge in [-0.1, -0.05) is 24.4 Å². The highest BCUT2D eigenvalue weighted by molar-refractivity contribution is 5.75. The number of azide groups is 1. The third-order valence-corrected chi connectivity index (χ3v) is 3.87. The molecule has 0 saturated heterocycles. The van der Waals surface area contributed by atoms with Gasteiger partial charge in [0, 0.05) is 4.91 Å². The Morgan fingerprint density at radius 3 is 2.48 bits per heavy atom. The minimum Gasteiger partial charge on any atom is -0.464 e. The third kappa shape index (κ3) is 4.86. The first-order valence-electron chi connectivity index (χ1n) is 7.28. The highest BCUT2D eigenvalue weighted by atomic mass is 16.5. The molecule has 120 valence electrons. The quantitative estimate of drug-likeness (QED) is 0.278. The number of carbonyl (C=O) groups excluding carboxylic acids is 1. The average Bonchev–Trinajstić information content (AvgIpc) is 2.51. The zero-order valence-corrected chi connectivity index (χ0v) is 12.1. The van der Waals surface area contributed by atoms with Crippen molar-refractivity contribution in [1.82, 2.24) is 0 Å². The van der Waals surface area contributed by atoms with Gasteiger partial charge in [-0.3, -0.25) is 0 Å². The van der Waals surface area contributed by atoms with E-state index in [0.29, 0.717) is 0 Å². The molecule has 0 heterocycles. The monoisotopic (exact) mass is 301 g/mol. The van der Waals surface area contributed by atoms with Crippen LogP contribution in [0.15, 0.2) is 5.11 Å². The number of ether oxygens (including phenoxy) is 1. The fourth-order valence-electron chi connectivity index (χ4n) is 2.71. The lowest BCUT2D eigenvalue weighted by molar-refractivity contribution is -0.161. The molecule has 8 nitrogen and oxygen atoms in total. The predicted molar refractivity (Wildman–Crippen MR) is 74.2 cm³/mol. The van der Waals surface area contributed by atoms with Gasteiger partial charge in [-0.15, -0.1) is 0 Å². The molecule has 0 spiro atoms. The first-order chi connectivity index (χ1) is 10.0. The van der Waals surface area contributed by atoms with E-state index in [2.05, 4.69) is 14.8 Å². The smallest absolute Gasteiger partial charge is 0.337 e. The van der Waals surface area contributed by atoms with Crippen molar-refractivity contribution in [3.63, 3.8) is 0 Å². The molecule has 8 heteroatoms. The molecular formula is C13H23N3O5. The summed E-state index contributed by atoms with van der Waals surface area (Å²) >= 11 is 0. The van der Waals surface area contributed by atoms with Gasteiger partial charge in [0.2, 0.25) is 0 Å². The van der Waals surface area contributed by atoms with Crippen molar-refractivity contribution in [3.8, 4) is 0 Å². The van der Waals surface area contributed by atoms with Crippen molar-refractivity contribution in [2.75, 3.05) is 6.61 Å². The van der Waals surface area contributed by atoms with Gasteiger partial charge >= 0.3 is 5.97 Å². The lowest BCUT2D eigenvalue weighted by Gasteiger charge is -2.33. The minimum atomic E-state index is -1.85. The number of nitrogens with zero attached hydrogens (tertiary/aromatic N) is 3. The molecule has 0 aromatic carbocycles. The summed E-state index contributed by atoms with van der Waals surface area (Å²) in [4.78, 5) is 14.0. The molecule has 0 amide bonds. The zero-order valence-electron chi connectivity index (χ0n) is 12.1. The van der Waals surface area contributed by atoms with Gasteiger partial charge in [-0.05, 0) is 31.2 Å². The molecule has 1 rings (SSSR count). The fraction of sp³-hybridized carbons (Fsp3) is 0.923. The molecule has 0 aliphatic heterocycles. The van der Waals surface area contributed by atoms with Gasteiger partial charge in [-0.25, -0.2) is 4.79 Å². The summed E-state index contributed by atoms with van der Waals surface area (Å²) < 4.78 is 4.61. The summed E-state index contributed by atoms with van der Waals surface area (Å²) in [5, 5.41) is 33.5. The van der Waals surface area contributed by atoms with Crippen molar-refractivity contribution < 1.29 is 24.9 Å². The summed E-state index contributed by atoms with van der Waals surface area (Å²) in [5.74, 6) is -1.11. The van der Waals surface area contributed by atoms with Crippen molar-refractivity contribution in [2.24, 2.45) is 11.0 Å². The SMILES string of the molecule is CCOC(=O)[C@H](O)[C@@H](O)[C@@H](N=[N+]=[N-])[C@@H](O)C1CCCCC1. The Morgan fingerprint density at radius 2 is 1.95 bits per heavy atom. The summed E-state index contributed by atoms with van der Waals surface area (Å²) in [6, 6.07) is -1.28. The van der Waals surface area contributed by atoms with E-state index < -0.39 is 30.3 Å². The topological polar surface area (TPSA) is 136 Å². The highest BCUT2D eigenvalue weighted by Gasteiger charge is 2.39. The lowest BCUT2D eigenvalue weighted by atomic mass is 9.81. The maximum absolute atomic E-state index is 11.4. The Morgan fingerprint density at radius 1 is 1.33 bits per heavy atom. The standard InChI is InChI=1S/C13H23N3O5/c1-2-21-13(20)12(19)11(18)9(15-16-14)10(17)8-6-4-3-5-7-8/h8-12,17-19H,2-7H2,1H3/t9-,10-,11-,12+/m0/s1. The van der Waals surface area contributed by atoms with Crippen molar-refractivity contribution in [1.29, 1.82) is 0 Å². The average molecular weight is 301 g/mol. The molecule has 1 aliphatic rings. The Hall–Kier alpha value is -1.34. The second-order valence-corrected chi connectivity index (χ2v) is 5.27. The van der Waals surface area contributed by atoms with E-state index in [4.69, 9.17) is 5.53 Å². The summed E-state index contributed by atoms with van der Waals surface area (Å²) in [7, 11) is 0.